The normalized spacial score (nSPS) is 12.3. The predicted octanol–water partition coefficient (Wildman–Crippen LogP) is 5.88. The highest BCUT2D eigenvalue weighted by Gasteiger charge is 2.14. The maximum atomic E-state index is 13.3. The van der Waals surface area contributed by atoms with Gasteiger partial charge in [-0.1, -0.05) is 102 Å². The topological polar surface area (TPSA) is 65.1 Å². The van der Waals surface area contributed by atoms with Crippen molar-refractivity contribution >= 4 is 45.3 Å². The molecular formula is C32H21N5OS. The SMILES string of the molecule is O=c1c(=Cc2cn(-c3ccccc3)nc2-c2ccc3ccccc3c2)sc2nc(C=Cc3ccccc3)nn12. The second-order valence-electron chi connectivity index (χ2n) is 9.10. The van der Waals surface area contributed by atoms with Gasteiger partial charge in [0.2, 0.25) is 4.96 Å². The van der Waals surface area contributed by atoms with Gasteiger partial charge < -0.3 is 0 Å². The van der Waals surface area contributed by atoms with Crippen LogP contribution in [0.1, 0.15) is 17.0 Å². The van der Waals surface area contributed by atoms with Gasteiger partial charge in [0.15, 0.2) is 5.82 Å². The van der Waals surface area contributed by atoms with Gasteiger partial charge in [-0.2, -0.15) is 14.6 Å². The summed E-state index contributed by atoms with van der Waals surface area (Å²) in [6.07, 6.45) is 7.60. The van der Waals surface area contributed by atoms with Crippen molar-refractivity contribution in [2.24, 2.45) is 0 Å². The first-order chi connectivity index (χ1) is 19.2. The minimum Gasteiger partial charge on any atom is -0.266 e. The van der Waals surface area contributed by atoms with Gasteiger partial charge in [-0.3, -0.25) is 4.79 Å². The summed E-state index contributed by atoms with van der Waals surface area (Å²) < 4.78 is 3.78. The van der Waals surface area contributed by atoms with Gasteiger partial charge in [-0.15, -0.1) is 5.10 Å². The third kappa shape index (κ3) is 4.45. The summed E-state index contributed by atoms with van der Waals surface area (Å²) in [6, 6.07) is 34.4. The number of hydrogen-bond acceptors (Lipinski definition) is 5. The van der Waals surface area contributed by atoms with Gasteiger partial charge in [0.05, 0.1) is 10.2 Å². The first-order valence-corrected chi connectivity index (χ1v) is 13.3. The van der Waals surface area contributed by atoms with Crippen molar-refractivity contribution in [2.45, 2.75) is 0 Å². The summed E-state index contributed by atoms with van der Waals surface area (Å²) >= 11 is 1.32. The van der Waals surface area contributed by atoms with E-state index in [-0.39, 0.29) is 5.56 Å². The Morgan fingerprint density at radius 1 is 0.744 bits per heavy atom. The summed E-state index contributed by atoms with van der Waals surface area (Å²) in [4.78, 5) is 18.4. The van der Waals surface area contributed by atoms with Gasteiger partial charge in [-0.25, -0.2) is 4.68 Å². The van der Waals surface area contributed by atoms with Crippen molar-refractivity contribution in [3.05, 3.63) is 141 Å². The number of aromatic nitrogens is 5. The molecule has 0 saturated carbocycles. The molecule has 7 rings (SSSR count). The molecule has 0 aliphatic carbocycles. The van der Waals surface area contributed by atoms with Crippen LogP contribution in [-0.4, -0.2) is 24.4 Å². The molecule has 0 aliphatic rings. The van der Waals surface area contributed by atoms with Gasteiger partial charge in [0.1, 0.15) is 5.69 Å². The van der Waals surface area contributed by atoms with Crippen molar-refractivity contribution in [1.82, 2.24) is 24.4 Å². The van der Waals surface area contributed by atoms with E-state index < -0.39 is 0 Å². The minimum atomic E-state index is -0.196. The summed E-state index contributed by atoms with van der Waals surface area (Å²) in [7, 11) is 0. The molecule has 0 N–H and O–H groups in total. The molecule has 3 aromatic heterocycles. The molecule has 0 fully saturated rings. The summed E-state index contributed by atoms with van der Waals surface area (Å²) in [6.45, 7) is 0. The quantitative estimate of drug-likeness (QED) is 0.283. The fourth-order valence-corrected chi connectivity index (χ4v) is 5.47. The molecule has 0 bridgehead atoms. The van der Waals surface area contributed by atoms with Crippen LogP contribution in [0.2, 0.25) is 0 Å². The monoisotopic (exact) mass is 523 g/mol. The van der Waals surface area contributed by atoms with E-state index in [1.807, 2.05) is 102 Å². The average molecular weight is 524 g/mol. The molecule has 3 heterocycles. The van der Waals surface area contributed by atoms with Crippen LogP contribution in [-0.2, 0) is 0 Å². The van der Waals surface area contributed by atoms with Crippen molar-refractivity contribution in [3.8, 4) is 16.9 Å². The maximum Gasteiger partial charge on any atom is 0.291 e. The van der Waals surface area contributed by atoms with Crippen LogP contribution >= 0.6 is 11.3 Å². The lowest BCUT2D eigenvalue weighted by Gasteiger charge is -2.03. The van der Waals surface area contributed by atoms with Gasteiger partial charge in [-0.05, 0) is 46.7 Å². The van der Waals surface area contributed by atoms with Crippen LogP contribution in [0.4, 0.5) is 0 Å². The van der Waals surface area contributed by atoms with E-state index in [4.69, 9.17) is 5.10 Å². The highest BCUT2D eigenvalue weighted by molar-refractivity contribution is 7.15. The molecule has 0 unspecified atom stereocenters. The molecular weight excluding hydrogens is 502 g/mol. The van der Waals surface area contributed by atoms with Crippen LogP contribution in [0.15, 0.2) is 114 Å². The summed E-state index contributed by atoms with van der Waals surface area (Å²) in [5.41, 5.74) is 4.42. The Balaban J connectivity index is 1.33. The molecule has 0 aliphatic heterocycles. The first kappa shape index (κ1) is 23.0. The fraction of sp³-hybridized carbons (Fsp3) is 0. The van der Waals surface area contributed by atoms with E-state index in [0.717, 1.165) is 33.5 Å². The molecule has 0 amide bonds. The Kier molecular flexibility index (Phi) is 5.68. The number of benzene rings is 4. The molecule has 7 aromatic rings. The second kappa shape index (κ2) is 9.63. The third-order valence-electron chi connectivity index (χ3n) is 6.50. The Morgan fingerprint density at radius 2 is 1.49 bits per heavy atom. The predicted molar refractivity (Wildman–Crippen MR) is 158 cm³/mol. The molecule has 0 atom stereocenters. The highest BCUT2D eigenvalue weighted by atomic mass is 32.1. The van der Waals surface area contributed by atoms with Crippen molar-refractivity contribution in [1.29, 1.82) is 0 Å². The minimum absolute atomic E-state index is 0.196. The van der Waals surface area contributed by atoms with E-state index in [0.29, 0.717) is 15.3 Å². The zero-order chi connectivity index (χ0) is 26.2. The molecule has 0 radical (unpaired) electrons. The molecule has 6 nitrogen and oxygen atoms in total. The molecule has 4 aromatic carbocycles. The number of thiazole rings is 1. The third-order valence-corrected chi connectivity index (χ3v) is 7.45. The largest absolute Gasteiger partial charge is 0.291 e. The lowest BCUT2D eigenvalue weighted by Crippen LogP contribution is -2.23. The van der Waals surface area contributed by atoms with E-state index in [1.54, 1.807) is 0 Å². The van der Waals surface area contributed by atoms with Crippen molar-refractivity contribution in [2.75, 3.05) is 0 Å². The number of rotatable bonds is 5. The Morgan fingerprint density at radius 3 is 2.28 bits per heavy atom. The van der Waals surface area contributed by atoms with Crippen molar-refractivity contribution < 1.29 is 0 Å². The zero-order valence-corrected chi connectivity index (χ0v) is 21.5. The van der Waals surface area contributed by atoms with E-state index in [2.05, 4.69) is 40.4 Å². The highest BCUT2D eigenvalue weighted by Crippen LogP contribution is 2.28. The van der Waals surface area contributed by atoms with Crippen LogP contribution < -0.4 is 10.1 Å². The number of para-hydroxylation sites is 1. The molecule has 0 spiro atoms. The molecule has 0 saturated heterocycles. The Labute approximate surface area is 227 Å². The van der Waals surface area contributed by atoms with Crippen molar-refractivity contribution in [3.63, 3.8) is 0 Å². The van der Waals surface area contributed by atoms with Gasteiger partial charge >= 0.3 is 0 Å². The molecule has 39 heavy (non-hydrogen) atoms. The second-order valence-corrected chi connectivity index (χ2v) is 10.1. The summed E-state index contributed by atoms with van der Waals surface area (Å²) in [5, 5.41) is 11.7. The Hall–Kier alpha value is -5.14. The number of nitrogens with zero attached hydrogens (tertiary/aromatic N) is 5. The smallest absolute Gasteiger partial charge is 0.266 e. The lowest BCUT2D eigenvalue weighted by molar-refractivity contribution is 0.884. The van der Waals surface area contributed by atoms with E-state index >= 15 is 0 Å². The maximum absolute atomic E-state index is 13.3. The number of fused-ring (bicyclic) bond motifs is 2. The average Bonchev–Trinajstić information content (AvgIpc) is 3.67. The Bertz CT molecular complexity index is 2090. The fourth-order valence-electron chi connectivity index (χ4n) is 4.56. The summed E-state index contributed by atoms with van der Waals surface area (Å²) in [5.74, 6) is 0.502. The van der Waals surface area contributed by atoms with Gasteiger partial charge in [0, 0.05) is 17.3 Å². The van der Waals surface area contributed by atoms with E-state index in [9.17, 15) is 4.79 Å². The first-order valence-electron chi connectivity index (χ1n) is 12.5. The molecule has 7 heteroatoms. The van der Waals surface area contributed by atoms with Crippen LogP contribution in [0.5, 0.6) is 0 Å². The van der Waals surface area contributed by atoms with Gasteiger partial charge in [0.25, 0.3) is 5.56 Å². The van der Waals surface area contributed by atoms with E-state index in [1.165, 1.54) is 21.2 Å². The standard InChI is InChI=1S/C32H21N5OS/c38-31-28(39-32-33-29(34-37(31)32)18-15-22-9-3-1-4-10-22)20-26-21-36(27-13-5-2-6-14-27)35-30(26)25-17-16-23-11-7-8-12-24(23)19-25/h1-21H. The number of hydrogen-bond donors (Lipinski definition) is 0. The lowest BCUT2D eigenvalue weighted by atomic mass is 10.0. The van der Waals surface area contributed by atoms with Crippen LogP contribution in [0.3, 0.4) is 0 Å². The molecule has 186 valence electrons. The van der Waals surface area contributed by atoms with Crippen LogP contribution in [0, 0.1) is 0 Å². The van der Waals surface area contributed by atoms with Crippen LogP contribution in [0.25, 0.3) is 50.9 Å². The zero-order valence-electron chi connectivity index (χ0n) is 20.7.